The predicted molar refractivity (Wildman–Crippen MR) is 139 cm³/mol. The van der Waals surface area contributed by atoms with Crippen molar-refractivity contribution in [2.45, 2.75) is 37.8 Å². The number of carbonyl (C=O) groups is 1. The van der Waals surface area contributed by atoms with Crippen LogP contribution in [0.25, 0.3) is 10.9 Å². The van der Waals surface area contributed by atoms with Crippen molar-refractivity contribution in [2.24, 2.45) is 0 Å². The molecule has 0 radical (unpaired) electrons. The molecule has 2 aliphatic heterocycles. The maximum atomic E-state index is 13.9. The van der Waals surface area contributed by atoms with Crippen molar-refractivity contribution in [3.63, 3.8) is 0 Å². The third-order valence-electron chi connectivity index (χ3n) is 7.37. The molecule has 0 aliphatic carbocycles. The number of anilines is 1. The highest BCUT2D eigenvalue weighted by Gasteiger charge is 2.42. The van der Waals surface area contributed by atoms with Crippen LogP contribution in [0.2, 0.25) is 5.15 Å². The van der Waals surface area contributed by atoms with Crippen LogP contribution in [0.5, 0.6) is 11.5 Å². The fourth-order valence-electron chi connectivity index (χ4n) is 5.43. The molecule has 1 unspecified atom stereocenters. The summed E-state index contributed by atoms with van der Waals surface area (Å²) in [6.45, 7) is 4.42. The molecule has 0 bridgehead atoms. The third-order valence-corrected chi connectivity index (χ3v) is 7.65. The topological polar surface area (TPSA) is 75.7 Å². The number of fused-ring (bicyclic) bond motifs is 1. The lowest BCUT2D eigenvalue weighted by atomic mass is 9.97. The van der Waals surface area contributed by atoms with Crippen molar-refractivity contribution in [3.8, 4) is 11.5 Å². The van der Waals surface area contributed by atoms with E-state index in [1.54, 1.807) is 19.2 Å². The molecule has 2 aliphatic rings. The van der Waals surface area contributed by atoms with Gasteiger partial charge in [-0.05, 0) is 68.6 Å². The molecule has 2 saturated heterocycles. The summed E-state index contributed by atoms with van der Waals surface area (Å²) in [5, 5.41) is 7.66. The third kappa shape index (κ3) is 4.44. The average Bonchev–Trinajstić information content (AvgIpc) is 3.52. The van der Waals surface area contributed by atoms with Gasteiger partial charge in [0.05, 0.1) is 31.5 Å². The van der Waals surface area contributed by atoms with E-state index in [0.29, 0.717) is 22.4 Å². The number of hydrogen-bond acceptors (Lipinski definition) is 6. The SMILES string of the molecule is COc1ccc2nc(Cl)c(C(=O)N[C@@H](C)c3ccc(F)c(OC)c3)c(N3CCC4(CCCN4)C3)c2c1. The van der Waals surface area contributed by atoms with Crippen molar-refractivity contribution < 1.29 is 18.7 Å². The average molecular weight is 513 g/mol. The molecule has 5 rings (SSSR count). The number of carbonyl (C=O) groups excluding carboxylic acids is 1. The fourth-order valence-corrected chi connectivity index (χ4v) is 5.70. The summed E-state index contributed by atoms with van der Waals surface area (Å²) < 4.78 is 24.5. The summed E-state index contributed by atoms with van der Waals surface area (Å²) in [6, 6.07) is 9.73. The van der Waals surface area contributed by atoms with Gasteiger partial charge in [0.2, 0.25) is 0 Å². The number of methoxy groups -OCH3 is 2. The van der Waals surface area contributed by atoms with Crippen LogP contribution < -0.4 is 25.0 Å². The van der Waals surface area contributed by atoms with Gasteiger partial charge in [-0.3, -0.25) is 4.79 Å². The molecule has 2 N–H and O–H groups in total. The van der Waals surface area contributed by atoms with E-state index < -0.39 is 11.9 Å². The van der Waals surface area contributed by atoms with Crippen molar-refractivity contribution >= 4 is 34.1 Å². The molecular weight excluding hydrogens is 483 g/mol. The van der Waals surface area contributed by atoms with Gasteiger partial charge in [0.25, 0.3) is 5.91 Å². The van der Waals surface area contributed by atoms with E-state index in [9.17, 15) is 9.18 Å². The molecule has 7 nitrogen and oxygen atoms in total. The molecule has 1 aromatic heterocycles. The summed E-state index contributed by atoms with van der Waals surface area (Å²) >= 11 is 6.69. The zero-order chi connectivity index (χ0) is 25.4. The Kier molecular flexibility index (Phi) is 6.66. The van der Waals surface area contributed by atoms with Crippen molar-refractivity contribution in [1.29, 1.82) is 0 Å². The highest BCUT2D eigenvalue weighted by molar-refractivity contribution is 6.34. The maximum Gasteiger partial charge on any atom is 0.257 e. The summed E-state index contributed by atoms with van der Waals surface area (Å²) in [5.41, 5.74) is 2.55. The molecule has 9 heteroatoms. The molecule has 0 saturated carbocycles. The summed E-state index contributed by atoms with van der Waals surface area (Å²) in [4.78, 5) is 20.5. The van der Waals surface area contributed by atoms with Crippen molar-refractivity contribution in [2.75, 3.05) is 38.8 Å². The van der Waals surface area contributed by atoms with Gasteiger partial charge in [-0.25, -0.2) is 9.37 Å². The lowest BCUT2D eigenvalue weighted by Crippen LogP contribution is -2.42. The Morgan fingerprint density at radius 2 is 2.06 bits per heavy atom. The Bertz CT molecular complexity index is 1310. The number of ether oxygens (including phenoxy) is 2. The number of rotatable bonds is 6. The molecule has 1 amide bonds. The van der Waals surface area contributed by atoms with Crippen LogP contribution in [0, 0.1) is 5.82 Å². The lowest BCUT2D eigenvalue weighted by molar-refractivity contribution is 0.0940. The number of benzene rings is 2. The Labute approximate surface area is 214 Å². The van der Waals surface area contributed by atoms with Crippen LogP contribution in [0.4, 0.5) is 10.1 Å². The number of nitrogens with one attached hydrogen (secondary N) is 2. The number of halogens is 2. The Hall–Kier alpha value is -3.10. The van der Waals surface area contributed by atoms with Crippen LogP contribution >= 0.6 is 11.6 Å². The number of hydrogen-bond donors (Lipinski definition) is 2. The van der Waals surface area contributed by atoms with E-state index >= 15 is 0 Å². The Morgan fingerprint density at radius 3 is 2.78 bits per heavy atom. The molecule has 2 fully saturated rings. The monoisotopic (exact) mass is 512 g/mol. The zero-order valence-corrected chi connectivity index (χ0v) is 21.4. The quantitative estimate of drug-likeness (QED) is 0.459. The van der Waals surface area contributed by atoms with Gasteiger partial charge in [-0.1, -0.05) is 17.7 Å². The second-order valence-corrected chi connectivity index (χ2v) is 9.94. The van der Waals surface area contributed by atoms with E-state index in [1.807, 2.05) is 25.1 Å². The number of pyridine rings is 1. The van der Waals surface area contributed by atoms with Gasteiger partial charge in [0.15, 0.2) is 11.6 Å². The van der Waals surface area contributed by atoms with Gasteiger partial charge >= 0.3 is 0 Å². The van der Waals surface area contributed by atoms with Gasteiger partial charge in [0.1, 0.15) is 16.5 Å². The van der Waals surface area contributed by atoms with E-state index in [-0.39, 0.29) is 22.3 Å². The highest BCUT2D eigenvalue weighted by Crippen LogP contribution is 2.41. The highest BCUT2D eigenvalue weighted by atomic mass is 35.5. The standard InChI is InChI=1S/C27H30ClFN4O3/c1-16(17-5-7-20(29)22(13-17)36-3)31-26(34)23-24(33-12-10-27(15-33)9-4-11-30-27)19-14-18(35-2)6-8-21(19)32-25(23)28/h5-8,13-14,16,30H,4,9-12,15H2,1-3H3,(H,31,34)/t16-,27?/m0/s1. The molecule has 2 atom stereocenters. The fraction of sp³-hybridized carbons (Fsp3) is 0.407. The van der Waals surface area contributed by atoms with Gasteiger partial charge in [-0.15, -0.1) is 0 Å². The number of amides is 1. The molecule has 36 heavy (non-hydrogen) atoms. The second kappa shape index (κ2) is 9.75. The summed E-state index contributed by atoms with van der Waals surface area (Å²) in [5.74, 6) is 0.00161. The second-order valence-electron chi connectivity index (χ2n) is 9.58. The largest absolute Gasteiger partial charge is 0.497 e. The lowest BCUT2D eigenvalue weighted by Gasteiger charge is -2.28. The molecule has 3 heterocycles. The minimum Gasteiger partial charge on any atom is -0.497 e. The van der Waals surface area contributed by atoms with Crippen LogP contribution in [-0.4, -0.2) is 50.3 Å². The van der Waals surface area contributed by atoms with E-state index in [0.717, 1.165) is 50.0 Å². The maximum absolute atomic E-state index is 13.9. The molecule has 3 aromatic rings. The van der Waals surface area contributed by atoms with Crippen LogP contribution in [-0.2, 0) is 0 Å². The minimum atomic E-state index is -0.457. The van der Waals surface area contributed by atoms with Crippen molar-refractivity contribution in [3.05, 3.63) is 58.5 Å². The van der Waals surface area contributed by atoms with Crippen LogP contribution in [0.3, 0.4) is 0 Å². The first-order valence-electron chi connectivity index (χ1n) is 12.2. The van der Waals surface area contributed by atoms with E-state index in [4.69, 9.17) is 21.1 Å². The number of aromatic nitrogens is 1. The van der Waals surface area contributed by atoms with Crippen LogP contribution in [0.1, 0.15) is 48.1 Å². The Balaban J connectivity index is 1.56. The first kappa shape index (κ1) is 24.6. The first-order valence-corrected chi connectivity index (χ1v) is 12.5. The molecule has 190 valence electrons. The van der Waals surface area contributed by atoms with E-state index in [1.165, 1.54) is 13.2 Å². The first-order chi connectivity index (χ1) is 17.3. The van der Waals surface area contributed by atoms with E-state index in [2.05, 4.69) is 20.5 Å². The molecule has 2 aromatic carbocycles. The summed E-state index contributed by atoms with van der Waals surface area (Å²) in [6.07, 6.45) is 3.24. The summed E-state index contributed by atoms with van der Waals surface area (Å²) in [7, 11) is 3.03. The normalized spacial score (nSPS) is 20.2. The van der Waals surface area contributed by atoms with Gasteiger partial charge < -0.3 is 25.0 Å². The van der Waals surface area contributed by atoms with Gasteiger partial charge in [0, 0.05) is 24.0 Å². The van der Waals surface area contributed by atoms with Crippen LogP contribution in [0.15, 0.2) is 36.4 Å². The molecular formula is C27H30ClFN4O3. The van der Waals surface area contributed by atoms with Gasteiger partial charge in [-0.2, -0.15) is 0 Å². The number of nitrogens with zero attached hydrogens (tertiary/aromatic N) is 2. The minimum absolute atomic E-state index is 0.0483. The Morgan fingerprint density at radius 1 is 1.22 bits per heavy atom. The zero-order valence-electron chi connectivity index (χ0n) is 20.7. The van der Waals surface area contributed by atoms with Crippen molar-refractivity contribution in [1.82, 2.24) is 15.6 Å². The predicted octanol–water partition coefficient (Wildman–Crippen LogP) is 4.87. The smallest absolute Gasteiger partial charge is 0.257 e. The molecule has 1 spiro atoms.